The molecule has 2 aromatic rings. The molecule has 1 aliphatic heterocycles. The summed E-state index contributed by atoms with van der Waals surface area (Å²) in [4.78, 5) is 18.7. The average molecular weight is 296 g/mol. The molecule has 0 bridgehead atoms. The van der Waals surface area contributed by atoms with Crippen molar-refractivity contribution in [3.8, 4) is 5.88 Å². The van der Waals surface area contributed by atoms with Crippen molar-refractivity contribution >= 4 is 5.91 Å². The predicted molar refractivity (Wildman–Crippen MR) is 85.1 cm³/mol. The van der Waals surface area contributed by atoms with Crippen LogP contribution in [0, 0.1) is 13.8 Å². The van der Waals surface area contributed by atoms with Crippen LogP contribution in [-0.4, -0.2) is 35.0 Å². The fraction of sp³-hybridized carbons (Fsp3) is 0.333. The second-order valence-corrected chi connectivity index (χ2v) is 5.77. The van der Waals surface area contributed by atoms with Crippen LogP contribution in [0.15, 0.2) is 42.6 Å². The van der Waals surface area contributed by atoms with Crippen LogP contribution in [0.3, 0.4) is 0 Å². The van der Waals surface area contributed by atoms with E-state index in [1.807, 2.05) is 55.1 Å². The summed E-state index contributed by atoms with van der Waals surface area (Å²) < 4.78 is 5.87. The Morgan fingerprint density at radius 2 is 2.05 bits per heavy atom. The van der Waals surface area contributed by atoms with Crippen LogP contribution in [-0.2, 0) is 0 Å². The number of hydrogen-bond acceptors (Lipinski definition) is 3. The molecule has 1 saturated heterocycles. The quantitative estimate of drug-likeness (QED) is 0.874. The van der Waals surface area contributed by atoms with E-state index in [-0.39, 0.29) is 12.0 Å². The second kappa shape index (κ2) is 6.18. The lowest BCUT2D eigenvalue weighted by Crippen LogP contribution is -2.31. The molecular weight excluding hydrogens is 276 g/mol. The van der Waals surface area contributed by atoms with Gasteiger partial charge in [-0.05, 0) is 31.0 Å². The van der Waals surface area contributed by atoms with E-state index in [0.29, 0.717) is 12.4 Å². The number of aromatic nitrogens is 1. The van der Waals surface area contributed by atoms with E-state index in [1.54, 1.807) is 6.20 Å². The summed E-state index contributed by atoms with van der Waals surface area (Å²) in [6.07, 6.45) is 2.65. The smallest absolute Gasteiger partial charge is 0.254 e. The number of aryl methyl sites for hydroxylation is 2. The van der Waals surface area contributed by atoms with Crippen molar-refractivity contribution in [2.45, 2.75) is 26.4 Å². The van der Waals surface area contributed by atoms with Crippen molar-refractivity contribution in [3.05, 3.63) is 59.3 Å². The molecular formula is C18H20N2O2. The topological polar surface area (TPSA) is 42.4 Å². The van der Waals surface area contributed by atoms with Crippen LogP contribution in [0.4, 0.5) is 0 Å². The van der Waals surface area contributed by atoms with Gasteiger partial charge in [-0.25, -0.2) is 4.98 Å². The van der Waals surface area contributed by atoms with Crippen LogP contribution < -0.4 is 4.74 Å². The van der Waals surface area contributed by atoms with Crippen molar-refractivity contribution < 1.29 is 9.53 Å². The minimum absolute atomic E-state index is 0.0168. The van der Waals surface area contributed by atoms with E-state index in [4.69, 9.17) is 4.74 Å². The van der Waals surface area contributed by atoms with Gasteiger partial charge in [0.1, 0.15) is 6.10 Å². The molecule has 114 valence electrons. The molecule has 2 heterocycles. The highest BCUT2D eigenvalue weighted by Crippen LogP contribution is 2.19. The number of carbonyl (C=O) groups is 1. The first-order valence-corrected chi connectivity index (χ1v) is 7.58. The second-order valence-electron chi connectivity index (χ2n) is 5.77. The maximum Gasteiger partial charge on any atom is 0.254 e. The molecule has 0 aliphatic carbocycles. The Balaban J connectivity index is 1.63. The van der Waals surface area contributed by atoms with Gasteiger partial charge >= 0.3 is 0 Å². The SMILES string of the molecule is Cc1ccc(OC2CCN(C(=O)c3ccccc3C)C2)nc1. The Kier molecular flexibility index (Phi) is 4.09. The van der Waals surface area contributed by atoms with E-state index in [2.05, 4.69) is 4.98 Å². The van der Waals surface area contributed by atoms with Gasteiger partial charge in [0.15, 0.2) is 0 Å². The Morgan fingerprint density at radius 1 is 1.23 bits per heavy atom. The van der Waals surface area contributed by atoms with Gasteiger partial charge in [0.2, 0.25) is 5.88 Å². The number of pyridine rings is 1. The highest BCUT2D eigenvalue weighted by Gasteiger charge is 2.29. The first kappa shape index (κ1) is 14.6. The summed E-state index contributed by atoms with van der Waals surface area (Å²) >= 11 is 0. The minimum Gasteiger partial charge on any atom is -0.472 e. The van der Waals surface area contributed by atoms with Crippen molar-refractivity contribution in [1.82, 2.24) is 9.88 Å². The summed E-state index contributed by atoms with van der Waals surface area (Å²) in [6, 6.07) is 11.6. The van der Waals surface area contributed by atoms with Gasteiger partial charge in [-0.1, -0.05) is 24.3 Å². The largest absolute Gasteiger partial charge is 0.472 e. The summed E-state index contributed by atoms with van der Waals surface area (Å²) in [5.41, 5.74) is 2.89. The number of benzene rings is 1. The predicted octanol–water partition coefficient (Wildman–Crippen LogP) is 2.99. The molecule has 0 spiro atoms. The monoisotopic (exact) mass is 296 g/mol. The number of ether oxygens (including phenoxy) is 1. The lowest BCUT2D eigenvalue weighted by atomic mass is 10.1. The van der Waals surface area contributed by atoms with Crippen molar-refractivity contribution in [1.29, 1.82) is 0 Å². The highest BCUT2D eigenvalue weighted by atomic mass is 16.5. The number of rotatable bonds is 3. The summed E-state index contributed by atoms with van der Waals surface area (Å²) in [5.74, 6) is 0.710. The van der Waals surface area contributed by atoms with Crippen LogP contribution >= 0.6 is 0 Å². The Hall–Kier alpha value is -2.36. The summed E-state index contributed by atoms with van der Waals surface area (Å²) in [7, 11) is 0. The van der Waals surface area contributed by atoms with Gasteiger partial charge in [-0.3, -0.25) is 4.79 Å². The molecule has 4 nitrogen and oxygen atoms in total. The fourth-order valence-corrected chi connectivity index (χ4v) is 2.69. The number of hydrogen-bond donors (Lipinski definition) is 0. The molecule has 1 aliphatic rings. The van der Waals surface area contributed by atoms with E-state index >= 15 is 0 Å². The van der Waals surface area contributed by atoms with E-state index in [9.17, 15) is 4.79 Å². The molecule has 1 aromatic heterocycles. The van der Waals surface area contributed by atoms with Gasteiger partial charge in [0, 0.05) is 30.8 Å². The van der Waals surface area contributed by atoms with Crippen LogP contribution in [0.1, 0.15) is 27.9 Å². The molecule has 1 atom stereocenters. The standard InChI is InChI=1S/C18H20N2O2/c1-13-7-8-17(19-11-13)22-15-9-10-20(12-15)18(21)16-6-4-3-5-14(16)2/h3-8,11,15H,9-10,12H2,1-2H3. The Bertz CT molecular complexity index is 667. The molecule has 0 radical (unpaired) electrons. The maximum atomic E-state index is 12.6. The Labute approximate surface area is 130 Å². The lowest BCUT2D eigenvalue weighted by Gasteiger charge is -2.18. The fourth-order valence-electron chi connectivity index (χ4n) is 2.69. The van der Waals surface area contributed by atoms with Crippen molar-refractivity contribution in [2.75, 3.05) is 13.1 Å². The summed E-state index contributed by atoms with van der Waals surface area (Å²) in [6.45, 7) is 5.30. The molecule has 1 unspecified atom stereocenters. The molecule has 0 N–H and O–H groups in total. The molecule has 22 heavy (non-hydrogen) atoms. The summed E-state index contributed by atoms with van der Waals surface area (Å²) in [5, 5.41) is 0. The number of carbonyl (C=O) groups excluding carboxylic acids is 1. The molecule has 0 saturated carbocycles. The van der Waals surface area contributed by atoms with E-state index in [0.717, 1.165) is 29.7 Å². The third kappa shape index (κ3) is 3.11. The van der Waals surface area contributed by atoms with Crippen molar-refractivity contribution in [2.24, 2.45) is 0 Å². The van der Waals surface area contributed by atoms with Gasteiger partial charge in [0.05, 0.1) is 6.54 Å². The Morgan fingerprint density at radius 3 is 2.77 bits per heavy atom. The minimum atomic E-state index is 0.0168. The molecule has 1 aromatic carbocycles. The zero-order valence-corrected chi connectivity index (χ0v) is 13.0. The van der Waals surface area contributed by atoms with Gasteiger partial charge in [-0.15, -0.1) is 0 Å². The normalized spacial score (nSPS) is 17.5. The zero-order chi connectivity index (χ0) is 15.5. The van der Waals surface area contributed by atoms with Crippen LogP contribution in [0.25, 0.3) is 0 Å². The third-order valence-electron chi connectivity index (χ3n) is 3.98. The van der Waals surface area contributed by atoms with Gasteiger partial charge < -0.3 is 9.64 Å². The zero-order valence-electron chi connectivity index (χ0n) is 13.0. The van der Waals surface area contributed by atoms with Gasteiger partial charge in [0.25, 0.3) is 5.91 Å². The maximum absolute atomic E-state index is 12.6. The van der Waals surface area contributed by atoms with Crippen LogP contribution in [0.2, 0.25) is 0 Å². The first-order valence-electron chi connectivity index (χ1n) is 7.58. The number of amides is 1. The average Bonchev–Trinajstić information content (AvgIpc) is 2.98. The van der Waals surface area contributed by atoms with Gasteiger partial charge in [-0.2, -0.15) is 0 Å². The molecule has 4 heteroatoms. The van der Waals surface area contributed by atoms with Crippen LogP contribution in [0.5, 0.6) is 5.88 Å². The molecule has 1 amide bonds. The number of nitrogens with zero attached hydrogens (tertiary/aromatic N) is 2. The molecule has 3 rings (SSSR count). The van der Waals surface area contributed by atoms with E-state index in [1.165, 1.54) is 0 Å². The van der Waals surface area contributed by atoms with Crippen molar-refractivity contribution in [3.63, 3.8) is 0 Å². The van der Waals surface area contributed by atoms with E-state index < -0.39 is 0 Å². The highest BCUT2D eigenvalue weighted by molar-refractivity contribution is 5.95. The molecule has 1 fully saturated rings. The number of likely N-dealkylation sites (tertiary alicyclic amines) is 1. The lowest BCUT2D eigenvalue weighted by molar-refractivity contribution is 0.0770. The first-order chi connectivity index (χ1) is 10.6. The third-order valence-corrected chi connectivity index (χ3v) is 3.98.